The Balaban J connectivity index is 0.00000324. The Morgan fingerprint density at radius 1 is 1.35 bits per heavy atom. The van der Waals surface area contributed by atoms with E-state index in [4.69, 9.17) is 15.0 Å². The van der Waals surface area contributed by atoms with Gasteiger partial charge in [-0.05, 0) is 49.6 Å². The van der Waals surface area contributed by atoms with Crippen LogP contribution in [0, 0.1) is 11.3 Å². The highest BCUT2D eigenvalue weighted by atomic mass is 35.5. The molecule has 3 aromatic rings. The first-order chi connectivity index (χ1) is 15.9. The molecule has 0 fully saturated rings. The summed E-state index contributed by atoms with van der Waals surface area (Å²) < 4.78 is 11.2. The second kappa shape index (κ2) is 10.7. The van der Waals surface area contributed by atoms with Gasteiger partial charge < -0.3 is 25.0 Å². The van der Waals surface area contributed by atoms with Gasteiger partial charge in [-0.2, -0.15) is 10.2 Å². The Bertz CT molecular complexity index is 1220. The molecular weight excluding hydrogens is 458 g/mol. The van der Waals surface area contributed by atoms with Gasteiger partial charge in [0.1, 0.15) is 17.9 Å². The zero-order valence-electron chi connectivity index (χ0n) is 18.9. The number of benzene rings is 2. The summed E-state index contributed by atoms with van der Waals surface area (Å²) in [6, 6.07) is 12.2. The second-order valence-electron chi connectivity index (χ2n) is 8.15. The van der Waals surface area contributed by atoms with Crippen molar-refractivity contribution in [1.29, 1.82) is 5.26 Å². The van der Waals surface area contributed by atoms with Crippen LogP contribution >= 0.6 is 12.4 Å². The fourth-order valence-corrected chi connectivity index (χ4v) is 3.88. The van der Waals surface area contributed by atoms with Crippen LogP contribution in [0.4, 0.5) is 0 Å². The molecule has 9 nitrogen and oxygen atoms in total. The van der Waals surface area contributed by atoms with Gasteiger partial charge in [0.05, 0.1) is 18.3 Å². The molecule has 10 heteroatoms. The van der Waals surface area contributed by atoms with Crippen LogP contribution in [0.5, 0.6) is 5.75 Å². The summed E-state index contributed by atoms with van der Waals surface area (Å²) in [7, 11) is 0. The monoisotopic (exact) mass is 483 g/mol. The maximum Gasteiger partial charge on any atom is 0.258 e. The number of nitrogens with zero attached hydrogens (tertiary/aromatic N) is 4. The van der Waals surface area contributed by atoms with E-state index in [1.807, 2.05) is 32.0 Å². The molecule has 0 unspecified atom stereocenters. The van der Waals surface area contributed by atoms with Gasteiger partial charge in [-0.15, -0.1) is 12.4 Å². The zero-order chi connectivity index (χ0) is 23.5. The molecule has 0 saturated carbocycles. The molecule has 0 radical (unpaired) electrons. The molecule has 3 N–H and O–H groups in total. The maximum atomic E-state index is 12.4. The number of hydrogen-bond acceptors (Lipinski definition) is 8. The lowest BCUT2D eigenvalue weighted by atomic mass is 9.94. The molecule has 34 heavy (non-hydrogen) atoms. The van der Waals surface area contributed by atoms with Gasteiger partial charge in [0, 0.05) is 24.2 Å². The van der Waals surface area contributed by atoms with E-state index in [9.17, 15) is 15.2 Å². The van der Waals surface area contributed by atoms with Crippen molar-refractivity contribution in [2.45, 2.75) is 39.0 Å². The molecule has 0 spiro atoms. The smallest absolute Gasteiger partial charge is 0.258 e. The van der Waals surface area contributed by atoms with Crippen molar-refractivity contribution in [3.63, 3.8) is 0 Å². The van der Waals surface area contributed by atoms with Crippen LogP contribution in [-0.2, 0) is 17.8 Å². The molecular formula is C24H26ClN5O4. The third-order valence-corrected chi connectivity index (χ3v) is 5.47. The number of aliphatic hydroxyl groups excluding tert-OH is 1. The third-order valence-electron chi connectivity index (χ3n) is 5.47. The molecule has 2 heterocycles. The van der Waals surface area contributed by atoms with Crippen LogP contribution in [-0.4, -0.2) is 51.4 Å². The van der Waals surface area contributed by atoms with Crippen LogP contribution in [0.15, 0.2) is 40.9 Å². The minimum atomic E-state index is -0.912. The van der Waals surface area contributed by atoms with Crippen molar-refractivity contribution in [3.05, 3.63) is 53.1 Å². The van der Waals surface area contributed by atoms with Gasteiger partial charge in [0.25, 0.3) is 5.89 Å². The van der Waals surface area contributed by atoms with E-state index in [0.717, 1.165) is 16.7 Å². The quantitative estimate of drug-likeness (QED) is 0.545. The van der Waals surface area contributed by atoms with Gasteiger partial charge in [-0.3, -0.25) is 4.79 Å². The van der Waals surface area contributed by atoms with Crippen molar-refractivity contribution in [3.8, 4) is 34.7 Å². The first-order valence-electron chi connectivity index (χ1n) is 10.7. The van der Waals surface area contributed by atoms with Crippen LogP contribution in [0.2, 0.25) is 0 Å². The van der Waals surface area contributed by atoms with Gasteiger partial charge in [0.15, 0.2) is 0 Å². The van der Waals surface area contributed by atoms with E-state index in [0.29, 0.717) is 48.1 Å². The van der Waals surface area contributed by atoms with E-state index >= 15 is 0 Å². The van der Waals surface area contributed by atoms with Crippen LogP contribution < -0.4 is 10.5 Å². The molecule has 1 aliphatic rings. The number of amides is 1. The van der Waals surface area contributed by atoms with E-state index in [2.05, 4.69) is 16.2 Å². The minimum Gasteiger partial charge on any atom is -0.490 e. The molecule has 0 saturated heterocycles. The fraction of sp³-hybridized carbons (Fsp3) is 0.333. The predicted octanol–water partition coefficient (Wildman–Crippen LogP) is 2.69. The number of fused-ring (bicyclic) bond motifs is 1. The largest absolute Gasteiger partial charge is 0.490 e. The first kappa shape index (κ1) is 25.2. The summed E-state index contributed by atoms with van der Waals surface area (Å²) in [5, 5.41) is 22.8. The average molecular weight is 484 g/mol. The molecule has 1 amide bonds. The SMILES string of the molecule is CC(C)Oc1ccc(-c2nc(-c3cccc4c3CCN(C(=O)[C@H](N)CO)C4)no2)cc1C#N.Cl. The Labute approximate surface area is 203 Å². The van der Waals surface area contributed by atoms with E-state index in [1.165, 1.54) is 0 Å². The normalized spacial score (nSPS) is 13.6. The first-order valence-corrected chi connectivity index (χ1v) is 10.7. The number of rotatable bonds is 6. The molecule has 0 bridgehead atoms. The lowest BCUT2D eigenvalue weighted by molar-refractivity contribution is -0.134. The summed E-state index contributed by atoms with van der Waals surface area (Å²) >= 11 is 0. The number of ether oxygens (including phenoxy) is 1. The molecule has 1 aromatic heterocycles. The van der Waals surface area contributed by atoms with E-state index < -0.39 is 6.04 Å². The van der Waals surface area contributed by atoms with Crippen molar-refractivity contribution >= 4 is 18.3 Å². The predicted molar refractivity (Wildman–Crippen MR) is 127 cm³/mol. The van der Waals surface area contributed by atoms with Crippen molar-refractivity contribution < 1.29 is 19.2 Å². The highest BCUT2D eigenvalue weighted by molar-refractivity contribution is 5.85. The number of hydrogen-bond donors (Lipinski definition) is 2. The van der Waals surface area contributed by atoms with Crippen molar-refractivity contribution in [1.82, 2.24) is 15.0 Å². The molecule has 4 rings (SSSR count). The number of halogens is 1. The number of carbonyl (C=O) groups is 1. The summed E-state index contributed by atoms with van der Waals surface area (Å²) in [4.78, 5) is 18.6. The van der Waals surface area contributed by atoms with Crippen LogP contribution in [0.3, 0.4) is 0 Å². The summed E-state index contributed by atoms with van der Waals surface area (Å²) in [6.07, 6.45) is 0.562. The van der Waals surface area contributed by atoms with Gasteiger partial charge in [-0.1, -0.05) is 23.4 Å². The third kappa shape index (κ3) is 5.04. The number of aliphatic hydroxyl groups is 1. The number of aromatic nitrogens is 2. The standard InChI is InChI=1S/C24H25N5O4.ClH/c1-14(2)32-21-7-6-15(10-17(21)11-25)23-27-22(28-33-23)19-5-3-4-16-12-29(9-8-18(16)19)24(31)20(26)13-30;/h3-7,10,14,20,30H,8-9,12-13,26H2,1-2H3;1H/t20-;/m1./s1. The van der Waals surface area contributed by atoms with E-state index in [1.54, 1.807) is 23.1 Å². The van der Waals surface area contributed by atoms with Gasteiger partial charge in [-0.25, -0.2) is 0 Å². The fourth-order valence-electron chi connectivity index (χ4n) is 3.88. The molecule has 0 aliphatic carbocycles. The summed E-state index contributed by atoms with van der Waals surface area (Å²) in [5.74, 6) is 0.980. The number of nitrogens with two attached hydrogens (primary N) is 1. The zero-order valence-corrected chi connectivity index (χ0v) is 19.7. The Morgan fingerprint density at radius 3 is 2.85 bits per heavy atom. The summed E-state index contributed by atoms with van der Waals surface area (Å²) in [6.45, 7) is 4.31. The van der Waals surface area contributed by atoms with E-state index in [-0.39, 0.29) is 31.0 Å². The Morgan fingerprint density at radius 2 is 2.15 bits per heavy atom. The average Bonchev–Trinajstić information content (AvgIpc) is 3.32. The van der Waals surface area contributed by atoms with Crippen molar-refractivity contribution in [2.24, 2.45) is 5.73 Å². The highest BCUT2D eigenvalue weighted by Crippen LogP contribution is 2.31. The van der Waals surface area contributed by atoms with Crippen LogP contribution in [0.1, 0.15) is 30.5 Å². The lowest BCUT2D eigenvalue weighted by Gasteiger charge is -2.31. The molecule has 1 atom stereocenters. The molecule has 178 valence electrons. The van der Waals surface area contributed by atoms with Gasteiger partial charge >= 0.3 is 0 Å². The Hall–Kier alpha value is -3.45. The van der Waals surface area contributed by atoms with Crippen LogP contribution in [0.25, 0.3) is 22.8 Å². The van der Waals surface area contributed by atoms with Crippen molar-refractivity contribution in [2.75, 3.05) is 13.2 Å². The molecule has 1 aliphatic heterocycles. The minimum absolute atomic E-state index is 0. The maximum absolute atomic E-state index is 12.4. The lowest BCUT2D eigenvalue weighted by Crippen LogP contribution is -2.47. The number of carbonyl (C=O) groups excluding carboxylic acids is 1. The Kier molecular flexibility index (Phi) is 7.89. The topological polar surface area (TPSA) is 138 Å². The van der Waals surface area contributed by atoms with Gasteiger partial charge in [0.2, 0.25) is 11.7 Å². The highest BCUT2D eigenvalue weighted by Gasteiger charge is 2.27. The number of nitriles is 1. The molecule has 2 aromatic carbocycles. The summed E-state index contributed by atoms with van der Waals surface area (Å²) in [5.41, 5.74) is 9.57. The second-order valence-corrected chi connectivity index (χ2v) is 8.15.